The molecule has 0 atom stereocenters. The maximum atomic E-state index is 3.58. The fourth-order valence-corrected chi connectivity index (χ4v) is 17.0. The number of rotatable bonds is 19. The monoisotopic (exact) mass is 1650 g/mol. The van der Waals surface area contributed by atoms with Crippen molar-refractivity contribution in [1.29, 1.82) is 0 Å². The van der Waals surface area contributed by atoms with Crippen LogP contribution < -0.4 is 29.8 Å². The van der Waals surface area contributed by atoms with E-state index in [4.69, 9.17) is 0 Å². The molecule has 0 fully saturated rings. The van der Waals surface area contributed by atoms with Gasteiger partial charge in [-0.3, -0.25) is 0 Å². The van der Waals surface area contributed by atoms with Crippen LogP contribution >= 0.6 is 31.9 Å². The van der Waals surface area contributed by atoms with Gasteiger partial charge in [0.25, 0.3) is 0 Å². The Bertz CT molecular complexity index is 6270. The van der Waals surface area contributed by atoms with Crippen LogP contribution in [-0.4, -0.2) is 9.13 Å². The molecule has 10 heteroatoms. The zero-order valence-electron chi connectivity index (χ0n) is 64.5. The number of benzene rings is 18. The van der Waals surface area contributed by atoms with Crippen molar-refractivity contribution in [3.05, 3.63) is 488 Å². The third kappa shape index (κ3) is 16.1. The molecule has 0 radical (unpaired) electrons. The molecule has 118 heavy (non-hydrogen) atoms. The van der Waals surface area contributed by atoms with E-state index in [-0.39, 0.29) is 0 Å². The fourth-order valence-electron chi connectivity index (χ4n) is 15.8. The normalized spacial score (nSPS) is 11.0. The molecular weight excluding hydrogens is 1570 g/mol. The smallest absolute Gasteiger partial charge is 0.0541 e. The molecule has 8 nitrogen and oxygen atoms in total. The molecule has 0 saturated carbocycles. The highest BCUT2D eigenvalue weighted by atomic mass is 79.9. The van der Waals surface area contributed by atoms with Crippen molar-refractivity contribution >= 4 is 172 Å². The molecular formula is C108H80Br2N8. The van der Waals surface area contributed by atoms with Crippen molar-refractivity contribution in [3.63, 3.8) is 0 Å². The van der Waals surface area contributed by atoms with Crippen molar-refractivity contribution in [1.82, 2.24) is 9.13 Å². The lowest BCUT2D eigenvalue weighted by molar-refractivity contribution is 1.16. The van der Waals surface area contributed by atoms with Crippen LogP contribution in [-0.2, 0) is 0 Å². The number of halogens is 2. The van der Waals surface area contributed by atoms with E-state index in [1.807, 2.05) is 30.3 Å². The zero-order chi connectivity index (χ0) is 79.4. The minimum atomic E-state index is 1.01. The zero-order valence-corrected chi connectivity index (χ0v) is 67.7. The quantitative estimate of drug-likeness (QED) is 0.0870. The molecule has 18 aromatic carbocycles. The first kappa shape index (κ1) is 74.7. The fraction of sp³-hybridized carbons (Fsp3) is 0. The average Bonchev–Trinajstić information content (AvgIpc) is 1.57. The van der Waals surface area contributed by atoms with Gasteiger partial charge in [0, 0.05) is 121 Å². The number of para-hydroxylation sites is 13. The van der Waals surface area contributed by atoms with Crippen LogP contribution in [0, 0.1) is 0 Å². The third-order valence-electron chi connectivity index (χ3n) is 21.0. The van der Waals surface area contributed by atoms with Crippen LogP contribution in [0.4, 0.5) is 96.7 Å². The van der Waals surface area contributed by atoms with Gasteiger partial charge in [0.15, 0.2) is 0 Å². The Kier molecular flexibility index (Phi) is 22.1. The highest BCUT2D eigenvalue weighted by molar-refractivity contribution is 9.11. The first-order valence-electron chi connectivity index (χ1n) is 39.5. The van der Waals surface area contributed by atoms with Crippen LogP contribution in [0.1, 0.15) is 0 Å². The first-order chi connectivity index (χ1) is 58.4. The average molecular weight is 1650 g/mol. The van der Waals surface area contributed by atoms with E-state index in [2.05, 4.69) is 520 Å². The lowest BCUT2D eigenvalue weighted by Gasteiger charge is -2.31. The number of aromatic nitrogens is 2. The molecule has 2 aromatic heterocycles. The van der Waals surface area contributed by atoms with Crippen LogP contribution in [0.3, 0.4) is 0 Å². The van der Waals surface area contributed by atoms with Gasteiger partial charge in [0.05, 0.1) is 39.1 Å². The molecule has 0 aliphatic rings. The van der Waals surface area contributed by atoms with E-state index in [9.17, 15) is 0 Å². The number of hydrogen-bond acceptors (Lipinski definition) is 6. The minimum absolute atomic E-state index is 1.01. The molecule has 0 amide bonds. The van der Waals surface area contributed by atoms with Crippen LogP contribution in [0.25, 0.3) is 55.0 Å². The van der Waals surface area contributed by atoms with Crippen LogP contribution in [0.2, 0.25) is 0 Å². The molecule has 0 bridgehead atoms. The molecule has 0 saturated heterocycles. The second kappa shape index (κ2) is 35.0. The summed E-state index contributed by atoms with van der Waals surface area (Å²) in [4.78, 5) is 11.6. The van der Waals surface area contributed by atoms with Gasteiger partial charge in [-0.05, 0) is 243 Å². The Morgan fingerprint density at radius 2 is 0.347 bits per heavy atom. The lowest BCUT2D eigenvalue weighted by Crippen LogP contribution is -2.15. The van der Waals surface area contributed by atoms with E-state index in [0.29, 0.717) is 0 Å². The summed E-state index contributed by atoms with van der Waals surface area (Å²) < 4.78 is 6.86. The maximum Gasteiger partial charge on any atom is 0.0541 e. The SMILES string of the molecule is Brc1cc(Br)cc(-n2c3ccccc3c3ccccc32)c1.c1ccc(N(c2ccccc2)c2ccc(N(c3ccccc3)c3cc(N(c4ccccc4)c4ccc(N(c5ccccc5)c5ccccc5)cc4)cc(-n4c5ccccc5c5ccccc54)c3)cc2)cc1.c1ccc(Nc2ccc(N(c3ccccc3)c3ccccc3)cc2)cc1. The maximum absolute atomic E-state index is 3.58. The summed E-state index contributed by atoms with van der Waals surface area (Å²) in [6, 6.07) is 169. The predicted molar refractivity (Wildman–Crippen MR) is 507 cm³/mol. The number of nitrogens with zero attached hydrogens (tertiary/aromatic N) is 7. The molecule has 566 valence electrons. The summed E-state index contributed by atoms with van der Waals surface area (Å²) >= 11 is 7.17. The summed E-state index contributed by atoms with van der Waals surface area (Å²) in [6.07, 6.45) is 0. The Morgan fingerprint density at radius 1 is 0.161 bits per heavy atom. The van der Waals surface area contributed by atoms with E-state index in [1.54, 1.807) is 0 Å². The van der Waals surface area contributed by atoms with Gasteiger partial charge in [-0.25, -0.2) is 0 Å². The number of nitrogens with one attached hydrogen (secondary N) is 1. The van der Waals surface area contributed by atoms with Crippen molar-refractivity contribution in [2.75, 3.05) is 29.8 Å². The summed E-state index contributed by atoms with van der Waals surface area (Å²) in [6.45, 7) is 0. The molecule has 20 rings (SSSR count). The predicted octanol–water partition coefficient (Wildman–Crippen LogP) is 31.9. The summed E-state index contributed by atoms with van der Waals surface area (Å²) in [5, 5.41) is 8.42. The van der Waals surface area contributed by atoms with Gasteiger partial charge in [-0.2, -0.15) is 0 Å². The van der Waals surface area contributed by atoms with E-state index >= 15 is 0 Å². The van der Waals surface area contributed by atoms with Crippen molar-refractivity contribution in [3.8, 4) is 11.4 Å². The number of anilines is 17. The largest absolute Gasteiger partial charge is 0.356 e. The van der Waals surface area contributed by atoms with Gasteiger partial charge >= 0.3 is 0 Å². The number of hydrogen-bond donors (Lipinski definition) is 1. The Morgan fingerprint density at radius 3 is 0.602 bits per heavy atom. The second-order valence-electron chi connectivity index (χ2n) is 28.5. The summed E-state index contributed by atoms with van der Waals surface area (Å²) in [7, 11) is 0. The Hall–Kier alpha value is -14.7. The lowest BCUT2D eigenvalue weighted by atomic mass is 10.1. The third-order valence-corrected chi connectivity index (χ3v) is 21.9. The number of fused-ring (bicyclic) bond motifs is 6. The molecule has 0 spiro atoms. The molecule has 0 aliphatic heterocycles. The highest BCUT2D eigenvalue weighted by Crippen LogP contribution is 2.47. The first-order valence-corrected chi connectivity index (χ1v) is 41.1. The van der Waals surface area contributed by atoms with E-state index in [0.717, 1.165) is 128 Å². The van der Waals surface area contributed by atoms with Gasteiger partial charge in [0.2, 0.25) is 0 Å². The highest BCUT2D eigenvalue weighted by Gasteiger charge is 2.24. The van der Waals surface area contributed by atoms with Crippen LogP contribution in [0.15, 0.2) is 488 Å². The molecule has 1 N–H and O–H groups in total. The molecule has 0 unspecified atom stereocenters. The topological polar surface area (TPSA) is 38.1 Å². The van der Waals surface area contributed by atoms with Crippen LogP contribution in [0.5, 0.6) is 0 Å². The Balaban J connectivity index is 0.000000164. The molecule has 20 aromatic rings. The standard InChI is InChI=1S/C66H49N5.C24H20N2.C18H11Br2N/c1-7-23-50(24-8-1)67(51-25-9-2-10-26-51)56-39-43-58(44-40-56)69(54-31-15-5-16-32-54)60-47-61(49-62(48-60)71-65-37-21-19-35-63(65)64-36-20-22-38-66(64)71)70(55-33-17-6-18-34-55)59-45-41-57(42-46-59)68(52-27-11-3-12-28-52)53-29-13-4-14-30-53;1-4-10-20(11-5-1)25-21-16-18-24(19-17-21)26(22-12-6-2-7-13-22)23-14-8-3-9-15-23;19-12-9-13(20)11-14(10-12)21-17-7-3-1-5-15(17)16-6-2-4-8-18(16)21/h1-49H;1-19,25H;1-11H. The van der Waals surface area contributed by atoms with E-state index in [1.165, 1.54) is 32.6 Å². The summed E-state index contributed by atoms with van der Waals surface area (Å²) in [5.74, 6) is 0. The Labute approximate surface area is 705 Å². The van der Waals surface area contributed by atoms with Gasteiger partial charge in [-0.1, -0.05) is 268 Å². The van der Waals surface area contributed by atoms with Gasteiger partial charge in [-0.15, -0.1) is 0 Å². The second-order valence-corrected chi connectivity index (χ2v) is 30.3. The van der Waals surface area contributed by atoms with Crippen molar-refractivity contribution in [2.24, 2.45) is 0 Å². The minimum Gasteiger partial charge on any atom is -0.356 e. The summed E-state index contributed by atoms with van der Waals surface area (Å²) in [5.41, 5.74) is 25.2. The van der Waals surface area contributed by atoms with Gasteiger partial charge in [0.1, 0.15) is 0 Å². The molecule has 2 heterocycles. The van der Waals surface area contributed by atoms with Crippen molar-refractivity contribution in [2.45, 2.75) is 0 Å². The van der Waals surface area contributed by atoms with Gasteiger partial charge < -0.3 is 39.0 Å². The molecule has 0 aliphatic carbocycles. The van der Waals surface area contributed by atoms with E-state index < -0.39 is 0 Å². The van der Waals surface area contributed by atoms with Crippen molar-refractivity contribution < 1.29 is 0 Å².